The lowest BCUT2D eigenvalue weighted by Gasteiger charge is -2.18. The third-order valence-corrected chi connectivity index (χ3v) is 7.58. The predicted molar refractivity (Wildman–Crippen MR) is 122 cm³/mol. The van der Waals surface area contributed by atoms with Crippen molar-refractivity contribution in [1.29, 1.82) is 0 Å². The second kappa shape index (κ2) is 10.1. The van der Waals surface area contributed by atoms with Gasteiger partial charge in [-0.3, -0.25) is 4.79 Å². The highest BCUT2D eigenvalue weighted by Crippen LogP contribution is 2.41. The molecule has 6 nitrogen and oxygen atoms in total. The van der Waals surface area contributed by atoms with Gasteiger partial charge in [0.2, 0.25) is 15.9 Å². The predicted octanol–water partition coefficient (Wildman–Crippen LogP) is 4.01. The Balaban J connectivity index is 1.66. The first-order chi connectivity index (χ1) is 14.9. The fourth-order valence-corrected chi connectivity index (χ4v) is 5.01. The van der Waals surface area contributed by atoms with E-state index in [0.717, 1.165) is 29.7 Å². The van der Waals surface area contributed by atoms with E-state index in [1.54, 1.807) is 37.5 Å². The Bertz CT molecular complexity index is 1010. The fraction of sp³-hybridized carbons (Fsp3) is 0.375. The number of nitrogens with one attached hydrogen (secondary N) is 1. The third kappa shape index (κ3) is 5.74. The monoisotopic (exact) mass is 442 g/mol. The molecule has 0 heterocycles. The summed E-state index contributed by atoms with van der Waals surface area (Å²) in [6, 6.07) is 14.3. The molecule has 0 radical (unpaired) electrons. The number of hydrogen-bond donors (Lipinski definition) is 1. The Kier molecular flexibility index (Phi) is 7.51. The number of benzene rings is 2. The molecule has 1 atom stereocenters. The second-order valence-corrected chi connectivity index (χ2v) is 9.53. The van der Waals surface area contributed by atoms with E-state index in [-0.39, 0.29) is 16.8 Å². The number of amides is 1. The van der Waals surface area contributed by atoms with Gasteiger partial charge in [0.15, 0.2) is 0 Å². The van der Waals surface area contributed by atoms with E-state index in [4.69, 9.17) is 4.74 Å². The van der Waals surface area contributed by atoms with Crippen molar-refractivity contribution in [3.8, 4) is 5.75 Å². The highest BCUT2D eigenvalue weighted by atomic mass is 32.2. The van der Waals surface area contributed by atoms with Crippen molar-refractivity contribution >= 4 is 22.0 Å². The van der Waals surface area contributed by atoms with Crippen molar-refractivity contribution < 1.29 is 17.9 Å². The molecule has 2 aromatic carbocycles. The molecule has 1 aliphatic rings. The Labute approximate surface area is 185 Å². The van der Waals surface area contributed by atoms with Crippen LogP contribution in [0.15, 0.2) is 59.5 Å². The highest BCUT2D eigenvalue weighted by molar-refractivity contribution is 7.89. The molecule has 0 aromatic heterocycles. The molecule has 3 rings (SSSR count). The second-order valence-electron chi connectivity index (χ2n) is 7.59. The molecule has 1 aliphatic carbocycles. The van der Waals surface area contributed by atoms with Crippen LogP contribution in [0.3, 0.4) is 0 Å². The van der Waals surface area contributed by atoms with Crippen LogP contribution in [0.5, 0.6) is 5.75 Å². The lowest BCUT2D eigenvalue weighted by Crippen LogP contribution is -2.30. The van der Waals surface area contributed by atoms with Crippen molar-refractivity contribution in [1.82, 2.24) is 9.62 Å². The number of carbonyl (C=O) groups excluding carboxylic acids is 1. The van der Waals surface area contributed by atoms with Crippen molar-refractivity contribution in [3.63, 3.8) is 0 Å². The SMILES string of the molecule is CCN(CC)S(=O)(=O)c1ccc(/C=C/C(=O)NC(c2ccc(OC)cc2)C2CC2)cc1. The zero-order chi connectivity index (χ0) is 22.4. The Morgan fingerprint density at radius 2 is 1.71 bits per heavy atom. The van der Waals surface area contributed by atoms with Crippen molar-refractivity contribution in [2.24, 2.45) is 5.92 Å². The molecule has 0 bridgehead atoms. The van der Waals surface area contributed by atoms with Crippen LogP contribution in [-0.2, 0) is 14.8 Å². The summed E-state index contributed by atoms with van der Waals surface area (Å²) in [5.74, 6) is 1.07. The van der Waals surface area contributed by atoms with Crippen LogP contribution in [-0.4, -0.2) is 38.8 Å². The molecule has 166 valence electrons. The molecule has 0 spiro atoms. The summed E-state index contributed by atoms with van der Waals surface area (Å²) in [5, 5.41) is 3.10. The summed E-state index contributed by atoms with van der Waals surface area (Å²) < 4.78 is 31.8. The molecule has 31 heavy (non-hydrogen) atoms. The third-order valence-electron chi connectivity index (χ3n) is 5.52. The van der Waals surface area contributed by atoms with Crippen LogP contribution in [0, 0.1) is 5.92 Å². The van der Waals surface area contributed by atoms with Gasteiger partial charge in [-0.2, -0.15) is 4.31 Å². The minimum atomic E-state index is -3.48. The van der Waals surface area contributed by atoms with E-state index in [1.165, 1.54) is 10.4 Å². The van der Waals surface area contributed by atoms with Gasteiger partial charge in [-0.25, -0.2) is 8.42 Å². The quantitative estimate of drug-likeness (QED) is 0.564. The molecule has 1 fully saturated rings. The average Bonchev–Trinajstić information content (AvgIpc) is 3.62. The van der Waals surface area contributed by atoms with Gasteiger partial charge >= 0.3 is 0 Å². The minimum absolute atomic E-state index is 0.0235. The molecule has 7 heteroatoms. The summed E-state index contributed by atoms with van der Waals surface area (Å²) in [7, 11) is -1.85. The normalized spacial score (nSPS) is 15.2. The van der Waals surface area contributed by atoms with E-state index in [2.05, 4.69) is 5.32 Å². The molecule has 1 N–H and O–H groups in total. The van der Waals surface area contributed by atoms with E-state index in [9.17, 15) is 13.2 Å². The van der Waals surface area contributed by atoms with Gasteiger partial charge < -0.3 is 10.1 Å². The van der Waals surface area contributed by atoms with Crippen LogP contribution < -0.4 is 10.1 Å². The van der Waals surface area contributed by atoms with Crippen molar-refractivity contribution in [2.75, 3.05) is 20.2 Å². The number of nitrogens with zero attached hydrogens (tertiary/aromatic N) is 1. The van der Waals surface area contributed by atoms with Crippen LogP contribution in [0.2, 0.25) is 0 Å². The molecular weight excluding hydrogens is 412 g/mol. The topological polar surface area (TPSA) is 75.7 Å². The highest BCUT2D eigenvalue weighted by Gasteiger charge is 2.33. The van der Waals surface area contributed by atoms with Crippen LogP contribution in [0.4, 0.5) is 0 Å². The van der Waals surface area contributed by atoms with Gasteiger partial charge in [0.05, 0.1) is 18.0 Å². The number of ether oxygens (including phenoxy) is 1. The maximum absolute atomic E-state index is 12.6. The zero-order valence-electron chi connectivity index (χ0n) is 18.2. The lowest BCUT2D eigenvalue weighted by molar-refractivity contribution is -0.117. The first kappa shape index (κ1) is 23.0. The number of hydrogen-bond acceptors (Lipinski definition) is 4. The lowest BCUT2D eigenvalue weighted by atomic mass is 10.0. The summed E-state index contributed by atoms with van der Waals surface area (Å²) >= 11 is 0. The van der Waals surface area contributed by atoms with Gasteiger partial charge in [-0.05, 0) is 60.2 Å². The Morgan fingerprint density at radius 1 is 1.10 bits per heavy atom. The molecular formula is C24H30N2O4S. The maximum Gasteiger partial charge on any atom is 0.244 e. The van der Waals surface area contributed by atoms with E-state index < -0.39 is 10.0 Å². The maximum atomic E-state index is 12.6. The molecule has 0 aliphatic heterocycles. The number of rotatable bonds is 10. The van der Waals surface area contributed by atoms with E-state index in [0.29, 0.717) is 19.0 Å². The molecule has 2 aromatic rings. The smallest absolute Gasteiger partial charge is 0.244 e. The van der Waals surface area contributed by atoms with E-state index in [1.807, 2.05) is 38.1 Å². The van der Waals surface area contributed by atoms with Gasteiger partial charge in [0, 0.05) is 19.2 Å². The molecule has 0 saturated heterocycles. The number of carbonyl (C=O) groups is 1. The molecule has 1 amide bonds. The van der Waals surface area contributed by atoms with Crippen molar-refractivity contribution in [3.05, 3.63) is 65.7 Å². The zero-order valence-corrected chi connectivity index (χ0v) is 19.1. The molecule has 1 unspecified atom stereocenters. The fourth-order valence-electron chi connectivity index (χ4n) is 3.55. The summed E-state index contributed by atoms with van der Waals surface area (Å²) in [6.07, 6.45) is 5.39. The van der Waals surface area contributed by atoms with Gasteiger partial charge in [-0.15, -0.1) is 0 Å². The standard InChI is InChI=1S/C24H30N2O4S/c1-4-26(5-2)31(28,29)22-15-6-18(7-16-22)8-17-23(27)25-24(19-9-10-19)20-11-13-21(30-3)14-12-20/h6-8,11-17,19,24H,4-5,9-10H2,1-3H3,(H,25,27)/b17-8+. The first-order valence-electron chi connectivity index (χ1n) is 10.6. The minimum Gasteiger partial charge on any atom is -0.497 e. The van der Waals surface area contributed by atoms with Crippen LogP contribution in [0.1, 0.15) is 43.9 Å². The van der Waals surface area contributed by atoms with E-state index >= 15 is 0 Å². The van der Waals surface area contributed by atoms with Crippen LogP contribution in [0.25, 0.3) is 6.08 Å². The van der Waals surface area contributed by atoms with Gasteiger partial charge in [-0.1, -0.05) is 38.1 Å². The summed E-state index contributed by atoms with van der Waals surface area (Å²) in [4.78, 5) is 12.8. The average molecular weight is 443 g/mol. The largest absolute Gasteiger partial charge is 0.497 e. The summed E-state index contributed by atoms with van der Waals surface area (Å²) in [6.45, 7) is 4.49. The Hall–Kier alpha value is -2.64. The van der Waals surface area contributed by atoms with Gasteiger partial charge in [0.1, 0.15) is 5.75 Å². The van der Waals surface area contributed by atoms with Gasteiger partial charge in [0.25, 0.3) is 0 Å². The Morgan fingerprint density at radius 3 is 2.23 bits per heavy atom. The first-order valence-corrected chi connectivity index (χ1v) is 12.1. The van der Waals surface area contributed by atoms with Crippen LogP contribution >= 0.6 is 0 Å². The summed E-state index contributed by atoms with van der Waals surface area (Å²) in [5.41, 5.74) is 1.83. The number of methoxy groups -OCH3 is 1. The number of sulfonamides is 1. The van der Waals surface area contributed by atoms with Crippen molar-refractivity contribution in [2.45, 2.75) is 37.6 Å². The molecule has 1 saturated carbocycles.